The van der Waals surface area contributed by atoms with Crippen molar-refractivity contribution in [2.75, 3.05) is 24.7 Å². The van der Waals surface area contributed by atoms with Crippen LogP contribution in [0.1, 0.15) is 24.4 Å². The van der Waals surface area contributed by atoms with Crippen LogP contribution in [0.15, 0.2) is 48.5 Å². The lowest BCUT2D eigenvalue weighted by Crippen LogP contribution is -2.42. The number of hydrogen-bond donors (Lipinski definition) is 1. The minimum atomic E-state index is -0.197. The zero-order valence-electron chi connectivity index (χ0n) is 14.3. The van der Waals surface area contributed by atoms with Gasteiger partial charge in [-0.2, -0.15) is 0 Å². The predicted molar refractivity (Wildman–Crippen MR) is 96.3 cm³/mol. The Labute approximate surface area is 151 Å². The van der Waals surface area contributed by atoms with Gasteiger partial charge in [0.15, 0.2) is 0 Å². The Balaban J connectivity index is 1.51. The Hall–Kier alpha value is -3.02. The fraction of sp³-hybridized carbons (Fsp3) is 0.300. The molecule has 0 radical (unpaired) electrons. The van der Waals surface area contributed by atoms with Crippen LogP contribution in [-0.4, -0.2) is 31.6 Å². The first-order chi connectivity index (χ1) is 12.7. The van der Waals surface area contributed by atoms with E-state index in [0.717, 1.165) is 11.3 Å². The van der Waals surface area contributed by atoms with Gasteiger partial charge in [-0.3, -0.25) is 14.5 Å². The van der Waals surface area contributed by atoms with E-state index in [2.05, 4.69) is 5.32 Å². The number of anilines is 1. The molecule has 0 aliphatic carbocycles. The molecule has 6 nitrogen and oxygen atoms in total. The Bertz CT molecular complexity index is 836. The highest BCUT2D eigenvalue weighted by atomic mass is 16.5. The van der Waals surface area contributed by atoms with E-state index in [1.165, 1.54) is 4.90 Å². The van der Waals surface area contributed by atoms with Crippen LogP contribution in [0.5, 0.6) is 11.5 Å². The summed E-state index contributed by atoms with van der Waals surface area (Å²) in [6.45, 7) is 0.849. The highest BCUT2D eigenvalue weighted by Gasteiger charge is 2.27. The molecule has 4 rings (SSSR count). The second-order valence-corrected chi connectivity index (χ2v) is 6.34. The molecule has 1 N–H and O–H groups in total. The molecule has 1 atom stereocenters. The highest BCUT2D eigenvalue weighted by molar-refractivity contribution is 6.00. The maximum Gasteiger partial charge on any atom is 0.240 e. The van der Waals surface area contributed by atoms with Crippen molar-refractivity contribution in [3.8, 4) is 11.5 Å². The molecular formula is C20H20N2O4. The number of benzene rings is 2. The summed E-state index contributed by atoms with van der Waals surface area (Å²) in [5.41, 5.74) is 1.61. The number of carbonyl (C=O) groups is 2. The minimum Gasteiger partial charge on any atom is -0.493 e. The van der Waals surface area contributed by atoms with Gasteiger partial charge < -0.3 is 14.8 Å². The number of ether oxygens (including phenoxy) is 2. The Morgan fingerprint density at radius 1 is 1.04 bits per heavy atom. The van der Waals surface area contributed by atoms with Gasteiger partial charge in [0.2, 0.25) is 11.8 Å². The third kappa shape index (κ3) is 3.22. The van der Waals surface area contributed by atoms with Crippen LogP contribution in [0.2, 0.25) is 0 Å². The third-order valence-corrected chi connectivity index (χ3v) is 4.63. The topological polar surface area (TPSA) is 67.9 Å². The molecule has 0 fully saturated rings. The SMILES string of the molecule is O=C(CN1C(=O)CCOc2ccccc21)NC1CCOc2ccccc21. The van der Waals surface area contributed by atoms with Gasteiger partial charge in [0, 0.05) is 12.0 Å². The van der Waals surface area contributed by atoms with Crippen LogP contribution < -0.4 is 19.7 Å². The first-order valence-corrected chi connectivity index (χ1v) is 8.75. The second-order valence-electron chi connectivity index (χ2n) is 6.34. The van der Waals surface area contributed by atoms with Gasteiger partial charge in [0.1, 0.15) is 18.0 Å². The summed E-state index contributed by atoms with van der Waals surface area (Å²) in [4.78, 5) is 26.6. The predicted octanol–water partition coefficient (Wildman–Crippen LogP) is 2.44. The van der Waals surface area contributed by atoms with E-state index >= 15 is 0 Å². The first-order valence-electron chi connectivity index (χ1n) is 8.75. The molecule has 1 unspecified atom stereocenters. The van der Waals surface area contributed by atoms with Gasteiger partial charge in [-0.15, -0.1) is 0 Å². The molecule has 0 saturated carbocycles. The van der Waals surface area contributed by atoms with E-state index in [1.807, 2.05) is 42.5 Å². The highest BCUT2D eigenvalue weighted by Crippen LogP contribution is 2.33. The van der Waals surface area contributed by atoms with Crippen LogP contribution in [0.4, 0.5) is 5.69 Å². The van der Waals surface area contributed by atoms with Crippen LogP contribution in [-0.2, 0) is 9.59 Å². The van der Waals surface area contributed by atoms with E-state index in [9.17, 15) is 9.59 Å². The Morgan fingerprint density at radius 3 is 2.65 bits per heavy atom. The molecule has 2 aliphatic rings. The van der Waals surface area contributed by atoms with Crippen LogP contribution in [0, 0.1) is 0 Å². The molecule has 0 spiro atoms. The monoisotopic (exact) mass is 352 g/mol. The standard InChI is InChI=1S/C20H20N2O4/c23-19(21-15-9-11-25-17-7-3-1-5-14(15)17)13-22-16-6-2-4-8-18(16)26-12-10-20(22)24/h1-8,15H,9-13H2,(H,21,23). The summed E-state index contributed by atoms with van der Waals surface area (Å²) in [7, 11) is 0. The van der Waals surface area contributed by atoms with Crippen molar-refractivity contribution in [1.29, 1.82) is 0 Å². The summed E-state index contributed by atoms with van der Waals surface area (Å²) in [5, 5.41) is 3.04. The molecule has 2 amide bonds. The molecule has 2 heterocycles. The van der Waals surface area contributed by atoms with Crippen LogP contribution >= 0.6 is 0 Å². The molecule has 0 aromatic heterocycles. The molecule has 26 heavy (non-hydrogen) atoms. The average Bonchev–Trinajstić information content (AvgIpc) is 2.81. The van der Waals surface area contributed by atoms with E-state index in [1.54, 1.807) is 6.07 Å². The Morgan fingerprint density at radius 2 is 1.77 bits per heavy atom. The van der Waals surface area contributed by atoms with E-state index in [4.69, 9.17) is 9.47 Å². The zero-order chi connectivity index (χ0) is 17.9. The average molecular weight is 352 g/mol. The lowest BCUT2D eigenvalue weighted by molar-refractivity contribution is -0.124. The molecule has 0 saturated heterocycles. The zero-order valence-corrected chi connectivity index (χ0v) is 14.3. The van der Waals surface area contributed by atoms with Crippen molar-refractivity contribution in [3.63, 3.8) is 0 Å². The maximum absolute atomic E-state index is 12.7. The van der Waals surface area contributed by atoms with Crippen molar-refractivity contribution in [3.05, 3.63) is 54.1 Å². The quantitative estimate of drug-likeness (QED) is 0.921. The number of hydrogen-bond acceptors (Lipinski definition) is 4. The van der Waals surface area contributed by atoms with E-state index in [0.29, 0.717) is 31.1 Å². The molecule has 2 aromatic carbocycles. The fourth-order valence-corrected chi connectivity index (χ4v) is 3.37. The van der Waals surface area contributed by atoms with Gasteiger partial charge >= 0.3 is 0 Å². The molecule has 134 valence electrons. The van der Waals surface area contributed by atoms with Gasteiger partial charge in [-0.1, -0.05) is 30.3 Å². The summed E-state index contributed by atoms with van der Waals surface area (Å²) in [5.74, 6) is 1.12. The first kappa shape index (κ1) is 16.4. The van der Waals surface area contributed by atoms with Gasteiger partial charge in [0.05, 0.1) is 31.4 Å². The fourth-order valence-electron chi connectivity index (χ4n) is 3.37. The number of fused-ring (bicyclic) bond motifs is 2. The van der Waals surface area contributed by atoms with Crippen LogP contribution in [0.25, 0.3) is 0 Å². The van der Waals surface area contributed by atoms with Gasteiger partial charge in [-0.25, -0.2) is 0 Å². The van der Waals surface area contributed by atoms with Crippen molar-refractivity contribution < 1.29 is 19.1 Å². The number of para-hydroxylation sites is 3. The summed E-state index contributed by atoms with van der Waals surface area (Å²) in [6.07, 6.45) is 0.957. The van der Waals surface area contributed by atoms with Crippen LogP contribution in [0.3, 0.4) is 0 Å². The second kappa shape index (κ2) is 7.07. The molecule has 0 bridgehead atoms. The van der Waals surface area contributed by atoms with Gasteiger partial charge in [0.25, 0.3) is 0 Å². The number of nitrogens with one attached hydrogen (secondary N) is 1. The van der Waals surface area contributed by atoms with Crippen molar-refractivity contribution in [2.24, 2.45) is 0 Å². The summed E-state index contributed by atoms with van der Waals surface area (Å²) >= 11 is 0. The molecule has 6 heteroatoms. The summed E-state index contributed by atoms with van der Waals surface area (Å²) in [6, 6.07) is 14.9. The smallest absolute Gasteiger partial charge is 0.240 e. The summed E-state index contributed by atoms with van der Waals surface area (Å²) < 4.78 is 11.2. The molecular weight excluding hydrogens is 332 g/mol. The maximum atomic E-state index is 12.7. The lowest BCUT2D eigenvalue weighted by Gasteiger charge is -2.28. The van der Waals surface area contributed by atoms with Crippen molar-refractivity contribution in [1.82, 2.24) is 5.32 Å². The third-order valence-electron chi connectivity index (χ3n) is 4.63. The number of nitrogens with zero attached hydrogens (tertiary/aromatic N) is 1. The molecule has 2 aromatic rings. The largest absolute Gasteiger partial charge is 0.493 e. The van der Waals surface area contributed by atoms with E-state index in [-0.39, 0.29) is 30.8 Å². The number of rotatable bonds is 3. The van der Waals surface area contributed by atoms with Gasteiger partial charge in [-0.05, 0) is 18.2 Å². The normalized spacial score (nSPS) is 18.7. The number of carbonyl (C=O) groups excluding carboxylic acids is 2. The lowest BCUT2D eigenvalue weighted by atomic mass is 10.0. The van der Waals surface area contributed by atoms with Crippen molar-refractivity contribution >= 4 is 17.5 Å². The molecule has 2 aliphatic heterocycles. The van der Waals surface area contributed by atoms with Crippen molar-refractivity contribution in [2.45, 2.75) is 18.9 Å². The number of amides is 2. The van der Waals surface area contributed by atoms with E-state index < -0.39 is 0 Å². The minimum absolute atomic E-state index is 0.0290. The Kier molecular flexibility index (Phi) is 4.48.